The van der Waals surface area contributed by atoms with Gasteiger partial charge in [0, 0.05) is 5.56 Å². The van der Waals surface area contributed by atoms with Gasteiger partial charge >= 0.3 is 0 Å². The normalized spacial score (nSPS) is 16.9. The zero-order chi connectivity index (χ0) is 13.2. The van der Waals surface area contributed by atoms with Crippen molar-refractivity contribution in [2.45, 2.75) is 52.6 Å². The fourth-order valence-corrected chi connectivity index (χ4v) is 2.10. The maximum absolute atomic E-state index is 10.6. The van der Waals surface area contributed by atoms with Crippen LogP contribution in [-0.2, 0) is 5.60 Å². The van der Waals surface area contributed by atoms with Crippen LogP contribution < -0.4 is 0 Å². The van der Waals surface area contributed by atoms with Crippen LogP contribution in [0.25, 0.3) is 0 Å². The van der Waals surface area contributed by atoms with Crippen molar-refractivity contribution < 1.29 is 10.2 Å². The Bertz CT molecular complexity index is 381. The third kappa shape index (κ3) is 2.63. The summed E-state index contributed by atoms with van der Waals surface area (Å²) in [5, 5.41) is 20.9. The Hall–Kier alpha value is -1.02. The van der Waals surface area contributed by atoms with Gasteiger partial charge in [-0.15, -0.1) is 0 Å². The molecule has 2 nitrogen and oxygen atoms in total. The molecule has 0 spiro atoms. The van der Waals surface area contributed by atoms with Crippen molar-refractivity contribution in [3.05, 3.63) is 29.3 Å². The molecule has 96 valence electrons. The van der Waals surface area contributed by atoms with Crippen LogP contribution >= 0.6 is 0 Å². The first kappa shape index (κ1) is 14.0. The quantitative estimate of drug-likeness (QED) is 0.835. The van der Waals surface area contributed by atoms with Crippen LogP contribution in [0.1, 0.15) is 58.1 Å². The number of benzene rings is 1. The van der Waals surface area contributed by atoms with E-state index in [0.717, 1.165) is 12.0 Å². The minimum absolute atomic E-state index is 0.107. The number of hydrogen-bond acceptors (Lipinski definition) is 2. The maximum atomic E-state index is 10.6. The van der Waals surface area contributed by atoms with Gasteiger partial charge in [0.2, 0.25) is 0 Å². The summed E-state index contributed by atoms with van der Waals surface area (Å²) in [6, 6.07) is 5.63. The van der Waals surface area contributed by atoms with E-state index in [4.69, 9.17) is 0 Å². The molecule has 1 rings (SSSR count). The van der Waals surface area contributed by atoms with Crippen LogP contribution in [0, 0.1) is 5.92 Å². The van der Waals surface area contributed by atoms with Gasteiger partial charge in [-0.25, -0.2) is 0 Å². The van der Waals surface area contributed by atoms with Crippen LogP contribution in [-0.4, -0.2) is 10.2 Å². The van der Waals surface area contributed by atoms with Crippen molar-refractivity contribution in [2.75, 3.05) is 0 Å². The summed E-state index contributed by atoms with van der Waals surface area (Å²) in [5.41, 5.74) is 0.549. The topological polar surface area (TPSA) is 40.5 Å². The number of para-hydroxylation sites is 1. The SMILES string of the molecule is CCC(C)C(C)(O)c1cccc(C(C)C)c1O. The molecule has 0 saturated carbocycles. The molecule has 2 heteroatoms. The van der Waals surface area contributed by atoms with Gasteiger partial charge in [-0.2, -0.15) is 0 Å². The molecule has 0 bridgehead atoms. The van der Waals surface area contributed by atoms with Gasteiger partial charge in [-0.3, -0.25) is 0 Å². The Kier molecular flexibility index (Phi) is 4.21. The van der Waals surface area contributed by atoms with E-state index in [-0.39, 0.29) is 17.6 Å². The minimum atomic E-state index is -0.982. The number of aliphatic hydroxyl groups is 1. The Morgan fingerprint density at radius 3 is 2.29 bits per heavy atom. The number of aromatic hydroxyl groups is 1. The van der Waals surface area contributed by atoms with Crippen molar-refractivity contribution in [2.24, 2.45) is 5.92 Å². The lowest BCUT2D eigenvalue weighted by molar-refractivity contribution is -0.00203. The lowest BCUT2D eigenvalue weighted by Crippen LogP contribution is -2.29. The molecule has 2 atom stereocenters. The van der Waals surface area contributed by atoms with Crippen LogP contribution in [0.4, 0.5) is 0 Å². The van der Waals surface area contributed by atoms with E-state index in [1.807, 2.05) is 45.9 Å². The second-order valence-electron chi connectivity index (χ2n) is 5.35. The smallest absolute Gasteiger partial charge is 0.125 e. The monoisotopic (exact) mass is 236 g/mol. The summed E-state index contributed by atoms with van der Waals surface area (Å²) in [4.78, 5) is 0. The molecule has 0 fully saturated rings. The second kappa shape index (κ2) is 5.09. The molecule has 0 saturated heterocycles. The summed E-state index contributed by atoms with van der Waals surface area (Å²) in [5.74, 6) is 0.603. The van der Waals surface area contributed by atoms with Gasteiger partial charge in [-0.1, -0.05) is 52.3 Å². The van der Waals surface area contributed by atoms with E-state index in [0.29, 0.717) is 5.56 Å². The zero-order valence-corrected chi connectivity index (χ0v) is 11.5. The van der Waals surface area contributed by atoms with Gasteiger partial charge in [0.15, 0.2) is 0 Å². The summed E-state index contributed by atoms with van der Waals surface area (Å²) in [6.45, 7) is 9.90. The average Bonchev–Trinajstić information content (AvgIpc) is 2.27. The molecule has 0 aliphatic rings. The number of phenolic OH excluding ortho intramolecular Hbond substituents is 1. The van der Waals surface area contributed by atoms with Crippen molar-refractivity contribution in [3.63, 3.8) is 0 Å². The van der Waals surface area contributed by atoms with Crippen LogP contribution in [0.2, 0.25) is 0 Å². The fraction of sp³-hybridized carbons (Fsp3) is 0.600. The predicted molar refractivity (Wildman–Crippen MR) is 71.2 cm³/mol. The van der Waals surface area contributed by atoms with Crippen molar-refractivity contribution in [3.8, 4) is 5.75 Å². The Morgan fingerprint density at radius 2 is 1.82 bits per heavy atom. The first-order chi connectivity index (χ1) is 7.82. The molecule has 0 radical (unpaired) electrons. The highest BCUT2D eigenvalue weighted by Gasteiger charge is 2.32. The van der Waals surface area contributed by atoms with E-state index >= 15 is 0 Å². The highest BCUT2D eigenvalue weighted by atomic mass is 16.3. The van der Waals surface area contributed by atoms with E-state index in [1.54, 1.807) is 6.92 Å². The van der Waals surface area contributed by atoms with Gasteiger partial charge in [0.1, 0.15) is 5.75 Å². The average molecular weight is 236 g/mol. The van der Waals surface area contributed by atoms with E-state index in [2.05, 4.69) is 0 Å². The Balaban J connectivity index is 3.27. The third-order valence-corrected chi connectivity index (χ3v) is 3.81. The van der Waals surface area contributed by atoms with Crippen molar-refractivity contribution >= 4 is 0 Å². The lowest BCUT2D eigenvalue weighted by atomic mass is 9.80. The first-order valence-electron chi connectivity index (χ1n) is 6.37. The second-order valence-corrected chi connectivity index (χ2v) is 5.35. The van der Waals surface area contributed by atoms with Crippen LogP contribution in [0.15, 0.2) is 18.2 Å². The summed E-state index contributed by atoms with van der Waals surface area (Å²) >= 11 is 0. The van der Waals surface area contributed by atoms with Gasteiger partial charge in [0.25, 0.3) is 0 Å². The number of rotatable bonds is 4. The highest BCUT2D eigenvalue weighted by Crippen LogP contribution is 2.39. The first-order valence-corrected chi connectivity index (χ1v) is 6.37. The standard InChI is InChI=1S/C15H24O2/c1-6-11(4)15(5,17)13-9-7-8-12(10(2)3)14(13)16/h7-11,16-17H,6H2,1-5H3. The van der Waals surface area contributed by atoms with Crippen molar-refractivity contribution in [1.82, 2.24) is 0 Å². The van der Waals surface area contributed by atoms with Gasteiger partial charge in [0.05, 0.1) is 5.60 Å². The molecule has 0 aliphatic heterocycles. The molecular weight excluding hydrogens is 212 g/mol. The van der Waals surface area contributed by atoms with E-state index in [1.165, 1.54) is 0 Å². The van der Waals surface area contributed by atoms with Crippen LogP contribution in [0.5, 0.6) is 5.75 Å². The molecule has 0 aromatic heterocycles. The minimum Gasteiger partial charge on any atom is -0.507 e. The summed E-state index contributed by atoms with van der Waals surface area (Å²) in [6.07, 6.45) is 0.873. The Morgan fingerprint density at radius 1 is 1.24 bits per heavy atom. The number of phenols is 1. The molecule has 1 aromatic rings. The third-order valence-electron chi connectivity index (χ3n) is 3.81. The molecule has 0 aliphatic carbocycles. The molecule has 17 heavy (non-hydrogen) atoms. The number of hydrogen-bond donors (Lipinski definition) is 2. The molecule has 0 heterocycles. The summed E-state index contributed by atoms with van der Waals surface area (Å²) in [7, 11) is 0. The Labute approximate surface area is 104 Å². The largest absolute Gasteiger partial charge is 0.507 e. The molecule has 1 aromatic carbocycles. The molecule has 2 unspecified atom stereocenters. The van der Waals surface area contributed by atoms with E-state index < -0.39 is 5.60 Å². The molecular formula is C15H24O2. The molecule has 2 N–H and O–H groups in total. The van der Waals surface area contributed by atoms with Crippen molar-refractivity contribution in [1.29, 1.82) is 0 Å². The van der Waals surface area contributed by atoms with Crippen LogP contribution in [0.3, 0.4) is 0 Å². The molecule has 0 amide bonds. The fourth-order valence-electron chi connectivity index (χ4n) is 2.10. The maximum Gasteiger partial charge on any atom is 0.125 e. The lowest BCUT2D eigenvalue weighted by Gasteiger charge is -2.31. The zero-order valence-electron chi connectivity index (χ0n) is 11.5. The van der Waals surface area contributed by atoms with Gasteiger partial charge in [-0.05, 0) is 24.3 Å². The predicted octanol–water partition coefficient (Wildman–Crippen LogP) is 3.77. The summed E-state index contributed by atoms with van der Waals surface area (Å²) < 4.78 is 0. The van der Waals surface area contributed by atoms with E-state index in [9.17, 15) is 10.2 Å². The van der Waals surface area contributed by atoms with Gasteiger partial charge < -0.3 is 10.2 Å². The highest BCUT2D eigenvalue weighted by molar-refractivity contribution is 5.45.